The summed E-state index contributed by atoms with van der Waals surface area (Å²) in [5.41, 5.74) is 4.20. The van der Waals surface area contributed by atoms with Crippen molar-refractivity contribution in [2.24, 2.45) is 0 Å². The predicted octanol–water partition coefficient (Wildman–Crippen LogP) is 2.47. The lowest BCUT2D eigenvalue weighted by Crippen LogP contribution is -2.35. The molecule has 0 saturated heterocycles. The Morgan fingerprint density at radius 1 is 1.25 bits per heavy atom. The average molecular weight is 221 g/mol. The van der Waals surface area contributed by atoms with Crippen LogP contribution in [0.25, 0.3) is 0 Å². The number of likely N-dealkylation sites (N-methyl/N-ethyl adjacent to an activating group) is 1. The van der Waals surface area contributed by atoms with Crippen molar-refractivity contribution in [2.75, 3.05) is 20.3 Å². The molecular formula is C14H23NO. The first kappa shape index (κ1) is 13.2. The van der Waals surface area contributed by atoms with Gasteiger partial charge in [0.15, 0.2) is 0 Å². The number of rotatable bonds is 6. The summed E-state index contributed by atoms with van der Waals surface area (Å²) in [5.74, 6) is 0. The van der Waals surface area contributed by atoms with E-state index in [1.807, 2.05) is 0 Å². The fourth-order valence-electron chi connectivity index (χ4n) is 2.10. The molecule has 0 amide bonds. The molecule has 0 aliphatic rings. The SMILES string of the molecule is CCNC(COC)Cc1c(C)cccc1C. The molecule has 0 radical (unpaired) electrons. The van der Waals surface area contributed by atoms with Crippen LogP contribution in [-0.2, 0) is 11.2 Å². The second kappa shape index (κ2) is 6.66. The maximum absolute atomic E-state index is 5.25. The van der Waals surface area contributed by atoms with Crippen molar-refractivity contribution in [3.8, 4) is 0 Å². The van der Waals surface area contributed by atoms with Gasteiger partial charge in [0.1, 0.15) is 0 Å². The van der Waals surface area contributed by atoms with Gasteiger partial charge in [-0.25, -0.2) is 0 Å². The smallest absolute Gasteiger partial charge is 0.0619 e. The maximum atomic E-state index is 5.25. The van der Waals surface area contributed by atoms with Gasteiger partial charge in [-0.15, -0.1) is 0 Å². The quantitative estimate of drug-likeness (QED) is 0.797. The van der Waals surface area contributed by atoms with Crippen LogP contribution < -0.4 is 5.32 Å². The Hall–Kier alpha value is -0.860. The average Bonchev–Trinajstić information content (AvgIpc) is 2.24. The van der Waals surface area contributed by atoms with Gasteiger partial charge in [-0.05, 0) is 43.5 Å². The predicted molar refractivity (Wildman–Crippen MR) is 69.0 cm³/mol. The Labute approximate surface area is 99.0 Å². The van der Waals surface area contributed by atoms with Crippen LogP contribution in [0.15, 0.2) is 18.2 Å². The van der Waals surface area contributed by atoms with Gasteiger partial charge in [-0.1, -0.05) is 25.1 Å². The number of aryl methyl sites for hydroxylation is 2. The van der Waals surface area contributed by atoms with Gasteiger partial charge in [0, 0.05) is 13.2 Å². The lowest BCUT2D eigenvalue weighted by Gasteiger charge is -2.19. The maximum Gasteiger partial charge on any atom is 0.0619 e. The van der Waals surface area contributed by atoms with Crippen LogP contribution in [-0.4, -0.2) is 26.3 Å². The van der Waals surface area contributed by atoms with Gasteiger partial charge in [0.2, 0.25) is 0 Å². The lowest BCUT2D eigenvalue weighted by molar-refractivity contribution is 0.167. The lowest BCUT2D eigenvalue weighted by atomic mass is 9.96. The summed E-state index contributed by atoms with van der Waals surface area (Å²) in [4.78, 5) is 0. The molecule has 0 saturated carbocycles. The minimum absolute atomic E-state index is 0.412. The van der Waals surface area contributed by atoms with Crippen LogP contribution in [0.1, 0.15) is 23.6 Å². The molecule has 0 aromatic heterocycles. The first-order valence-corrected chi connectivity index (χ1v) is 5.96. The molecule has 1 rings (SSSR count). The molecule has 1 aromatic rings. The summed E-state index contributed by atoms with van der Waals surface area (Å²) in [5, 5.41) is 3.46. The van der Waals surface area contributed by atoms with Crippen molar-refractivity contribution in [1.29, 1.82) is 0 Å². The zero-order chi connectivity index (χ0) is 12.0. The summed E-state index contributed by atoms with van der Waals surface area (Å²) in [7, 11) is 1.76. The van der Waals surface area contributed by atoms with E-state index in [1.165, 1.54) is 16.7 Å². The van der Waals surface area contributed by atoms with E-state index in [1.54, 1.807) is 7.11 Å². The standard InChI is InChI=1S/C14H23NO/c1-5-15-13(10-16-4)9-14-11(2)7-6-8-12(14)3/h6-8,13,15H,5,9-10H2,1-4H3. The minimum atomic E-state index is 0.412. The molecule has 2 nitrogen and oxygen atoms in total. The normalized spacial score (nSPS) is 12.8. The highest BCUT2D eigenvalue weighted by Crippen LogP contribution is 2.15. The van der Waals surface area contributed by atoms with Crippen molar-refractivity contribution in [1.82, 2.24) is 5.32 Å². The summed E-state index contributed by atoms with van der Waals surface area (Å²) in [6, 6.07) is 6.89. The Kier molecular flexibility index (Phi) is 5.50. The molecule has 0 spiro atoms. The first-order chi connectivity index (χ1) is 7.69. The molecule has 0 aliphatic carbocycles. The van der Waals surface area contributed by atoms with E-state index in [2.05, 4.69) is 44.3 Å². The molecule has 16 heavy (non-hydrogen) atoms. The van der Waals surface area contributed by atoms with Crippen molar-refractivity contribution >= 4 is 0 Å². The van der Waals surface area contributed by atoms with Crippen LogP contribution in [0.3, 0.4) is 0 Å². The van der Waals surface area contributed by atoms with E-state index in [-0.39, 0.29) is 0 Å². The number of ether oxygens (including phenoxy) is 1. The largest absolute Gasteiger partial charge is 0.383 e. The van der Waals surface area contributed by atoms with Crippen LogP contribution in [0.5, 0.6) is 0 Å². The van der Waals surface area contributed by atoms with Crippen LogP contribution in [0.4, 0.5) is 0 Å². The monoisotopic (exact) mass is 221 g/mol. The molecule has 0 fully saturated rings. The van der Waals surface area contributed by atoms with E-state index in [0.29, 0.717) is 6.04 Å². The zero-order valence-corrected chi connectivity index (χ0v) is 10.8. The Balaban J connectivity index is 2.76. The summed E-state index contributed by atoms with van der Waals surface area (Å²) >= 11 is 0. The summed E-state index contributed by atoms with van der Waals surface area (Å²) < 4.78 is 5.25. The van der Waals surface area contributed by atoms with Crippen LogP contribution >= 0.6 is 0 Å². The molecule has 1 atom stereocenters. The molecule has 1 unspecified atom stereocenters. The number of nitrogens with one attached hydrogen (secondary N) is 1. The Morgan fingerprint density at radius 3 is 2.38 bits per heavy atom. The molecule has 0 heterocycles. The van der Waals surface area contributed by atoms with Crippen molar-refractivity contribution in [3.05, 3.63) is 34.9 Å². The molecule has 1 N–H and O–H groups in total. The molecule has 1 aromatic carbocycles. The third-order valence-corrected chi connectivity index (χ3v) is 2.96. The van der Waals surface area contributed by atoms with Gasteiger partial charge in [-0.2, -0.15) is 0 Å². The van der Waals surface area contributed by atoms with E-state index in [9.17, 15) is 0 Å². The number of benzene rings is 1. The summed E-state index contributed by atoms with van der Waals surface area (Å²) in [6.07, 6.45) is 1.04. The Bertz CT molecular complexity index is 296. The molecule has 2 heteroatoms. The number of hydrogen-bond acceptors (Lipinski definition) is 2. The topological polar surface area (TPSA) is 21.3 Å². The highest BCUT2D eigenvalue weighted by Gasteiger charge is 2.11. The minimum Gasteiger partial charge on any atom is -0.383 e. The highest BCUT2D eigenvalue weighted by molar-refractivity contribution is 5.34. The fourth-order valence-corrected chi connectivity index (χ4v) is 2.10. The molecule has 90 valence electrons. The number of hydrogen-bond donors (Lipinski definition) is 1. The molecular weight excluding hydrogens is 198 g/mol. The third-order valence-electron chi connectivity index (χ3n) is 2.96. The summed E-state index contributed by atoms with van der Waals surface area (Å²) in [6.45, 7) is 8.24. The second-order valence-electron chi connectivity index (χ2n) is 4.28. The van der Waals surface area contributed by atoms with Gasteiger partial charge in [-0.3, -0.25) is 0 Å². The highest BCUT2D eigenvalue weighted by atomic mass is 16.5. The molecule has 0 bridgehead atoms. The van der Waals surface area contributed by atoms with Gasteiger partial charge in [0.25, 0.3) is 0 Å². The van der Waals surface area contributed by atoms with E-state index < -0.39 is 0 Å². The van der Waals surface area contributed by atoms with Crippen LogP contribution in [0.2, 0.25) is 0 Å². The molecule has 0 aliphatic heterocycles. The van der Waals surface area contributed by atoms with E-state index >= 15 is 0 Å². The van der Waals surface area contributed by atoms with E-state index in [4.69, 9.17) is 4.74 Å². The van der Waals surface area contributed by atoms with Crippen LogP contribution in [0, 0.1) is 13.8 Å². The van der Waals surface area contributed by atoms with Gasteiger partial charge in [0.05, 0.1) is 6.61 Å². The third kappa shape index (κ3) is 3.62. The number of methoxy groups -OCH3 is 1. The van der Waals surface area contributed by atoms with Gasteiger partial charge < -0.3 is 10.1 Å². The fraction of sp³-hybridized carbons (Fsp3) is 0.571. The first-order valence-electron chi connectivity index (χ1n) is 5.96. The van der Waals surface area contributed by atoms with Crippen molar-refractivity contribution in [2.45, 2.75) is 33.2 Å². The van der Waals surface area contributed by atoms with E-state index in [0.717, 1.165) is 19.6 Å². The Morgan fingerprint density at radius 2 is 1.88 bits per heavy atom. The zero-order valence-electron chi connectivity index (χ0n) is 10.8. The van der Waals surface area contributed by atoms with Crippen molar-refractivity contribution in [3.63, 3.8) is 0 Å². The van der Waals surface area contributed by atoms with Gasteiger partial charge >= 0.3 is 0 Å². The van der Waals surface area contributed by atoms with Crippen molar-refractivity contribution < 1.29 is 4.74 Å². The second-order valence-corrected chi connectivity index (χ2v) is 4.28.